The second-order valence-electron chi connectivity index (χ2n) is 3.40. The number of nitrogens with zero attached hydrogens (tertiary/aromatic N) is 1. The SMILES string of the molecule is NCCCCNC1CC[N]CC1. The summed E-state index contributed by atoms with van der Waals surface area (Å²) in [4.78, 5) is 0. The van der Waals surface area contributed by atoms with E-state index in [0.29, 0.717) is 0 Å². The van der Waals surface area contributed by atoms with E-state index in [4.69, 9.17) is 5.73 Å². The lowest BCUT2D eigenvalue weighted by molar-refractivity contribution is 0.380. The summed E-state index contributed by atoms with van der Waals surface area (Å²) in [6.07, 6.45) is 4.81. The van der Waals surface area contributed by atoms with Crippen molar-refractivity contribution >= 4 is 0 Å². The Balaban J connectivity index is 1.91. The molecule has 0 spiro atoms. The van der Waals surface area contributed by atoms with Crippen molar-refractivity contribution in [2.24, 2.45) is 5.73 Å². The number of nitrogens with two attached hydrogens (primary N) is 1. The highest BCUT2D eigenvalue weighted by molar-refractivity contribution is 4.73. The number of nitrogens with one attached hydrogen (secondary N) is 1. The van der Waals surface area contributed by atoms with Crippen molar-refractivity contribution in [1.82, 2.24) is 10.6 Å². The van der Waals surface area contributed by atoms with E-state index in [0.717, 1.165) is 38.6 Å². The molecule has 1 aliphatic heterocycles. The molecular weight excluding hydrogens is 150 g/mol. The van der Waals surface area contributed by atoms with Crippen LogP contribution in [-0.2, 0) is 0 Å². The van der Waals surface area contributed by atoms with Crippen molar-refractivity contribution in [3.8, 4) is 0 Å². The highest BCUT2D eigenvalue weighted by Gasteiger charge is 2.11. The first-order valence-corrected chi connectivity index (χ1v) is 5.00. The van der Waals surface area contributed by atoms with Crippen LogP contribution in [0.2, 0.25) is 0 Å². The van der Waals surface area contributed by atoms with Crippen molar-refractivity contribution in [2.45, 2.75) is 31.7 Å². The lowest BCUT2D eigenvalue weighted by Gasteiger charge is -2.22. The van der Waals surface area contributed by atoms with Gasteiger partial charge in [-0.25, -0.2) is 5.32 Å². The maximum Gasteiger partial charge on any atom is 0.0148 e. The van der Waals surface area contributed by atoms with Gasteiger partial charge in [0, 0.05) is 19.1 Å². The fraction of sp³-hybridized carbons (Fsp3) is 1.00. The summed E-state index contributed by atoms with van der Waals surface area (Å²) >= 11 is 0. The predicted octanol–water partition coefficient (Wildman–Crippen LogP) is 0.0817. The topological polar surface area (TPSA) is 52.1 Å². The van der Waals surface area contributed by atoms with Crippen LogP contribution in [0, 0.1) is 0 Å². The van der Waals surface area contributed by atoms with Crippen LogP contribution >= 0.6 is 0 Å². The van der Waals surface area contributed by atoms with Crippen LogP contribution in [0.25, 0.3) is 0 Å². The van der Waals surface area contributed by atoms with Crippen LogP contribution in [0.15, 0.2) is 0 Å². The normalized spacial score (nSPS) is 19.8. The van der Waals surface area contributed by atoms with Gasteiger partial charge in [-0.05, 0) is 38.8 Å². The van der Waals surface area contributed by atoms with Crippen molar-refractivity contribution in [2.75, 3.05) is 26.2 Å². The van der Waals surface area contributed by atoms with Crippen molar-refractivity contribution in [3.63, 3.8) is 0 Å². The molecule has 0 bridgehead atoms. The van der Waals surface area contributed by atoms with Crippen molar-refractivity contribution in [3.05, 3.63) is 0 Å². The van der Waals surface area contributed by atoms with Crippen LogP contribution in [0.3, 0.4) is 0 Å². The van der Waals surface area contributed by atoms with E-state index in [1.54, 1.807) is 0 Å². The van der Waals surface area contributed by atoms with Gasteiger partial charge in [0.15, 0.2) is 0 Å². The molecule has 3 N–H and O–H groups in total. The van der Waals surface area contributed by atoms with Gasteiger partial charge in [0.25, 0.3) is 0 Å². The van der Waals surface area contributed by atoms with E-state index >= 15 is 0 Å². The van der Waals surface area contributed by atoms with Gasteiger partial charge in [0.05, 0.1) is 0 Å². The molecule has 0 amide bonds. The zero-order chi connectivity index (χ0) is 8.65. The lowest BCUT2D eigenvalue weighted by atomic mass is 10.1. The summed E-state index contributed by atoms with van der Waals surface area (Å²) < 4.78 is 0. The number of piperidine rings is 1. The molecule has 3 heteroatoms. The summed E-state index contributed by atoms with van der Waals surface area (Å²) in [6, 6.07) is 0.722. The predicted molar refractivity (Wildman–Crippen MR) is 51.2 cm³/mol. The number of unbranched alkanes of at least 4 members (excludes halogenated alkanes) is 1. The average Bonchev–Trinajstić information content (AvgIpc) is 2.14. The van der Waals surface area contributed by atoms with Gasteiger partial charge in [-0.3, -0.25) is 0 Å². The minimum atomic E-state index is 0.722. The second kappa shape index (κ2) is 6.40. The van der Waals surface area contributed by atoms with Gasteiger partial charge >= 0.3 is 0 Å². The molecule has 1 rings (SSSR count). The second-order valence-corrected chi connectivity index (χ2v) is 3.40. The minimum absolute atomic E-state index is 0.722. The first-order chi connectivity index (χ1) is 5.93. The third-order valence-corrected chi connectivity index (χ3v) is 2.34. The van der Waals surface area contributed by atoms with Gasteiger partial charge in [0.2, 0.25) is 0 Å². The molecule has 0 aromatic rings. The average molecular weight is 170 g/mol. The zero-order valence-electron chi connectivity index (χ0n) is 7.76. The van der Waals surface area contributed by atoms with Gasteiger partial charge < -0.3 is 11.1 Å². The first kappa shape index (κ1) is 9.96. The van der Waals surface area contributed by atoms with Gasteiger partial charge in [-0.15, -0.1) is 0 Å². The van der Waals surface area contributed by atoms with E-state index in [1.165, 1.54) is 19.3 Å². The molecule has 0 aromatic heterocycles. The quantitative estimate of drug-likeness (QED) is 0.574. The largest absolute Gasteiger partial charge is 0.330 e. The summed E-state index contributed by atoms with van der Waals surface area (Å²) in [6.45, 7) is 4.05. The highest BCUT2D eigenvalue weighted by Crippen LogP contribution is 2.02. The first-order valence-electron chi connectivity index (χ1n) is 5.00. The molecule has 0 aliphatic carbocycles. The van der Waals surface area contributed by atoms with E-state index in [-0.39, 0.29) is 0 Å². The number of hydrogen-bond donors (Lipinski definition) is 2. The van der Waals surface area contributed by atoms with Gasteiger partial charge in [-0.1, -0.05) is 0 Å². The maximum absolute atomic E-state index is 5.40. The fourth-order valence-corrected chi connectivity index (χ4v) is 1.53. The van der Waals surface area contributed by atoms with E-state index in [1.807, 2.05) is 0 Å². The molecule has 1 heterocycles. The van der Waals surface area contributed by atoms with E-state index < -0.39 is 0 Å². The molecule has 1 fully saturated rings. The Morgan fingerprint density at radius 3 is 2.67 bits per heavy atom. The molecule has 0 saturated carbocycles. The Labute approximate surface area is 75.1 Å². The molecule has 1 aliphatic rings. The van der Waals surface area contributed by atoms with Crippen LogP contribution in [-0.4, -0.2) is 32.2 Å². The Morgan fingerprint density at radius 1 is 1.25 bits per heavy atom. The molecule has 0 unspecified atom stereocenters. The number of rotatable bonds is 5. The Hall–Kier alpha value is -0.120. The number of hydrogen-bond acceptors (Lipinski definition) is 2. The van der Waals surface area contributed by atoms with E-state index in [9.17, 15) is 0 Å². The Kier molecular flexibility index (Phi) is 5.32. The Bertz CT molecular complexity index is 99.9. The fourth-order valence-electron chi connectivity index (χ4n) is 1.53. The summed E-state index contributed by atoms with van der Waals surface area (Å²) in [5, 5.41) is 7.85. The summed E-state index contributed by atoms with van der Waals surface area (Å²) in [5.41, 5.74) is 5.40. The monoisotopic (exact) mass is 170 g/mol. The van der Waals surface area contributed by atoms with Crippen molar-refractivity contribution < 1.29 is 0 Å². The minimum Gasteiger partial charge on any atom is -0.330 e. The Morgan fingerprint density at radius 2 is 2.00 bits per heavy atom. The lowest BCUT2D eigenvalue weighted by Crippen LogP contribution is -2.37. The standard InChI is InChI=1S/C9H20N3/c10-5-1-2-6-12-9-3-7-11-8-4-9/h9,12H,1-8,10H2. The van der Waals surface area contributed by atoms with Crippen LogP contribution < -0.4 is 16.4 Å². The summed E-state index contributed by atoms with van der Waals surface area (Å²) in [5.74, 6) is 0. The molecule has 0 aromatic carbocycles. The maximum atomic E-state index is 5.40. The third-order valence-electron chi connectivity index (χ3n) is 2.34. The molecular formula is C9H20N3. The molecule has 71 valence electrons. The molecule has 1 radical (unpaired) electrons. The van der Waals surface area contributed by atoms with Crippen LogP contribution in [0.1, 0.15) is 25.7 Å². The zero-order valence-corrected chi connectivity index (χ0v) is 7.76. The van der Waals surface area contributed by atoms with Gasteiger partial charge in [0.1, 0.15) is 0 Å². The smallest absolute Gasteiger partial charge is 0.0148 e. The van der Waals surface area contributed by atoms with Crippen LogP contribution in [0.5, 0.6) is 0 Å². The summed E-state index contributed by atoms with van der Waals surface area (Å²) in [7, 11) is 0. The molecule has 0 atom stereocenters. The van der Waals surface area contributed by atoms with Crippen LogP contribution in [0.4, 0.5) is 0 Å². The highest BCUT2D eigenvalue weighted by atomic mass is 15.0. The van der Waals surface area contributed by atoms with Crippen molar-refractivity contribution in [1.29, 1.82) is 0 Å². The van der Waals surface area contributed by atoms with E-state index in [2.05, 4.69) is 10.6 Å². The molecule has 12 heavy (non-hydrogen) atoms. The molecule has 1 saturated heterocycles. The molecule has 3 nitrogen and oxygen atoms in total. The third kappa shape index (κ3) is 4.04. The van der Waals surface area contributed by atoms with Gasteiger partial charge in [-0.2, -0.15) is 0 Å².